The summed E-state index contributed by atoms with van der Waals surface area (Å²) in [5, 5.41) is 15.5. The monoisotopic (exact) mass is 511 g/mol. The number of hydrogen-bond donors (Lipinski definition) is 5. The summed E-state index contributed by atoms with van der Waals surface area (Å²) < 4.78 is 5.74. The molecule has 2 saturated heterocycles. The van der Waals surface area contributed by atoms with Gasteiger partial charge in [0.15, 0.2) is 0 Å². The Morgan fingerprint density at radius 2 is 1.86 bits per heavy atom. The Balaban J connectivity index is 1.04. The summed E-state index contributed by atoms with van der Waals surface area (Å²) in [7, 11) is 0. The number of aromatic amines is 2. The van der Waals surface area contributed by atoms with Gasteiger partial charge in [0.05, 0.1) is 10.8 Å². The fourth-order valence-corrected chi connectivity index (χ4v) is 5.49. The van der Waals surface area contributed by atoms with E-state index in [0.717, 1.165) is 48.9 Å². The molecule has 2 amide bonds. The molecule has 0 aliphatic carbocycles. The molecule has 2 aliphatic rings. The Bertz CT molecular complexity index is 1280. The zero-order valence-electron chi connectivity index (χ0n) is 19.7. The Morgan fingerprint density at radius 1 is 1.08 bits per heavy atom. The molecule has 3 aromatic rings. The number of aliphatic hydroxyl groups is 1. The second kappa shape index (κ2) is 10.8. The highest BCUT2D eigenvalue weighted by Crippen LogP contribution is 2.25. The number of aliphatic hydroxyl groups excluding tert-OH is 1. The Labute approximate surface area is 211 Å². The summed E-state index contributed by atoms with van der Waals surface area (Å²) >= 11 is 1.05. The average molecular weight is 512 g/mol. The van der Waals surface area contributed by atoms with Crippen molar-refractivity contribution in [3.63, 3.8) is 0 Å². The van der Waals surface area contributed by atoms with E-state index in [0.29, 0.717) is 35.8 Å². The van der Waals surface area contributed by atoms with Crippen LogP contribution in [0.25, 0.3) is 11.0 Å². The number of nitrogens with zero attached hydrogens (tertiary/aromatic N) is 1. The van der Waals surface area contributed by atoms with Crippen molar-refractivity contribution in [3.05, 3.63) is 58.5 Å². The van der Waals surface area contributed by atoms with Gasteiger partial charge in [-0.25, -0.2) is 4.79 Å². The number of hydrogen-bond acceptors (Lipinski definition) is 8. The van der Waals surface area contributed by atoms with Crippen LogP contribution in [0.4, 0.5) is 10.5 Å². The summed E-state index contributed by atoms with van der Waals surface area (Å²) in [4.78, 5) is 42.4. The van der Waals surface area contributed by atoms with Gasteiger partial charge in [-0.1, -0.05) is 30.0 Å². The lowest BCUT2D eigenvalue weighted by Crippen LogP contribution is -2.45. The third kappa shape index (κ3) is 5.75. The first kappa shape index (κ1) is 24.4. The van der Waals surface area contributed by atoms with E-state index in [1.807, 2.05) is 12.1 Å². The molecule has 11 heteroatoms. The summed E-state index contributed by atoms with van der Waals surface area (Å²) in [5.41, 5.74) is 3.15. The number of imidazole rings is 1. The minimum Gasteiger partial charge on any atom is -0.489 e. The van der Waals surface area contributed by atoms with Crippen molar-refractivity contribution in [1.82, 2.24) is 20.6 Å². The quantitative estimate of drug-likeness (QED) is 0.293. The zero-order chi connectivity index (χ0) is 25.1. The highest BCUT2D eigenvalue weighted by Gasteiger charge is 2.31. The number of benzene rings is 2. The van der Waals surface area contributed by atoms with E-state index in [1.54, 1.807) is 18.2 Å². The van der Waals surface area contributed by atoms with Gasteiger partial charge in [-0.15, -0.1) is 0 Å². The summed E-state index contributed by atoms with van der Waals surface area (Å²) in [6.07, 6.45) is 1.78. The van der Waals surface area contributed by atoms with Crippen molar-refractivity contribution in [2.75, 3.05) is 31.1 Å². The molecule has 10 nitrogen and oxygen atoms in total. The van der Waals surface area contributed by atoms with Crippen molar-refractivity contribution in [2.24, 2.45) is 0 Å². The standard InChI is InChI=1S/C25H29N5O5S/c31-18(14-35-20-3-1-2-19-22(20)28-24(33)27-19)13-26-16-8-10-30(11-9-16)17-6-4-15(5-7-17)12-21-23(32)29-25(34)36-21/h1-7,16,18,21,26,31H,8-14H2,(H2,27,28,33)(H,29,32,34)/t18-,21?/m1/s1. The molecule has 2 aliphatic heterocycles. The summed E-state index contributed by atoms with van der Waals surface area (Å²) in [6, 6.07) is 13.9. The van der Waals surface area contributed by atoms with E-state index in [9.17, 15) is 19.5 Å². The van der Waals surface area contributed by atoms with Crippen LogP contribution in [0.15, 0.2) is 47.3 Å². The molecular weight excluding hydrogens is 482 g/mol. The van der Waals surface area contributed by atoms with Gasteiger partial charge < -0.3 is 30.0 Å². The number of ether oxygens (including phenoxy) is 1. The van der Waals surface area contributed by atoms with Crippen LogP contribution in [0, 0.1) is 0 Å². The summed E-state index contributed by atoms with van der Waals surface area (Å²) in [5.74, 6) is 0.317. The smallest absolute Gasteiger partial charge is 0.323 e. The highest BCUT2D eigenvalue weighted by atomic mass is 32.2. The first-order chi connectivity index (χ1) is 17.4. The molecule has 0 radical (unpaired) electrons. The van der Waals surface area contributed by atoms with Crippen molar-refractivity contribution < 1.29 is 19.4 Å². The number of thioether (sulfide) groups is 1. The number of rotatable bonds is 9. The molecule has 2 fully saturated rings. The number of H-pyrrole nitrogens is 2. The van der Waals surface area contributed by atoms with Crippen molar-refractivity contribution >= 4 is 39.6 Å². The van der Waals surface area contributed by atoms with Crippen LogP contribution >= 0.6 is 11.8 Å². The first-order valence-electron chi connectivity index (χ1n) is 12.1. The van der Waals surface area contributed by atoms with Gasteiger partial charge in [-0.3, -0.25) is 14.9 Å². The SMILES string of the molecule is O=C1NC(=O)C(Cc2ccc(N3CCC(NC[C@@H](O)COc4cccc5[nH]c(=O)[nH]c45)CC3)cc2)S1. The number of carbonyl (C=O) groups excluding carboxylic acids is 2. The second-order valence-electron chi connectivity index (χ2n) is 9.15. The van der Waals surface area contributed by atoms with E-state index in [2.05, 4.69) is 37.6 Å². The fourth-order valence-electron chi connectivity index (χ4n) is 4.63. The van der Waals surface area contributed by atoms with Gasteiger partial charge >= 0.3 is 5.69 Å². The topological polar surface area (TPSA) is 140 Å². The first-order valence-corrected chi connectivity index (χ1v) is 12.9. The van der Waals surface area contributed by atoms with Crippen molar-refractivity contribution in [3.8, 4) is 5.75 Å². The van der Waals surface area contributed by atoms with Gasteiger partial charge in [-0.2, -0.15) is 0 Å². The number of para-hydroxylation sites is 1. The minimum absolute atomic E-state index is 0.125. The lowest BCUT2D eigenvalue weighted by Gasteiger charge is -2.34. The maximum absolute atomic E-state index is 11.8. The predicted molar refractivity (Wildman–Crippen MR) is 139 cm³/mol. The van der Waals surface area contributed by atoms with E-state index in [-0.39, 0.29) is 28.7 Å². The van der Waals surface area contributed by atoms with E-state index in [4.69, 9.17) is 4.74 Å². The Morgan fingerprint density at radius 3 is 2.58 bits per heavy atom. The van der Waals surface area contributed by atoms with Gasteiger partial charge in [0.25, 0.3) is 5.24 Å². The van der Waals surface area contributed by atoms with Gasteiger partial charge in [0.2, 0.25) is 5.91 Å². The molecule has 0 bridgehead atoms. The van der Waals surface area contributed by atoms with E-state index < -0.39 is 6.10 Å². The van der Waals surface area contributed by atoms with E-state index >= 15 is 0 Å². The van der Waals surface area contributed by atoms with Crippen LogP contribution in [0.1, 0.15) is 18.4 Å². The highest BCUT2D eigenvalue weighted by molar-refractivity contribution is 8.15. The molecular formula is C25H29N5O5S. The molecule has 190 valence electrons. The second-order valence-corrected chi connectivity index (χ2v) is 10.3. The normalized spacial score (nSPS) is 19.6. The number of anilines is 1. The molecule has 0 saturated carbocycles. The molecule has 36 heavy (non-hydrogen) atoms. The number of amides is 2. The van der Waals surface area contributed by atoms with E-state index in [1.165, 1.54) is 0 Å². The molecule has 2 aromatic carbocycles. The number of carbonyl (C=O) groups is 2. The number of imide groups is 1. The number of piperidine rings is 1. The van der Waals surface area contributed by atoms with Gasteiger partial charge in [-0.05, 0) is 49.1 Å². The predicted octanol–water partition coefficient (Wildman–Crippen LogP) is 1.75. The number of aromatic nitrogens is 2. The summed E-state index contributed by atoms with van der Waals surface area (Å²) in [6.45, 7) is 2.36. The van der Waals surface area contributed by atoms with Crippen LogP contribution in [0.5, 0.6) is 5.75 Å². The number of fused-ring (bicyclic) bond motifs is 1. The largest absolute Gasteiger partial charge is 0.489 e. The third-order valence-corrected chi connectivity index (χ3v) is 7.55. The van der Waals surface area contributed by atoms with Crippen LogP contribution in [-0.2, 0) is 11.2 Å². The molecule has 0 spiro atoms. The van der Waals surface area contributed by atoms with Crippen molar-refractivity contribution in [1.29, 1.82) is 0 Å². The third-order valence-electron chi connectivity index (χ3n) is 6.57. The molecule has 2 atom stereocenters. The van der Waals surface area contributed by atoms with Gasteiger partial charge in [0.1, 0.15) is 24.0 Å². The van der Waals surface area contributed by atoms with Crippen molar-refractivity contribution in [2.45, 2.75) is 36.7 Å². The maximum Gasteiger partial charge on any atom is 0.323 e. The Hall–Kier alpha value is -3.28. The molecule has 3 heterocycles. The van der Waals surface area contributed by atoms with Crippen LogP contribution < -0.4 is 26.0 Å². The zero-order valence-corrected chi connectivity index (χ0v) is 20.5. The molecule has 5 rings (SSSR count). The minimum atomic E-state index is -0.674. The van der Waals surface area contributed by atoms with Gasteiger partial charge in [0, 0.05) is 31.4 Å². The van der Waals surface area contributed by atoms with Crippen LogP contribution in [0.3, 0.4) is 0 Å². The molecule has 5 N–H and O–H groups in total. The average Bonchev–Trinajstić information content (AvgIpc) is 3.42. The maximum atomic E-state index is 11.8. The lowest BCUT2D eigenvalue weighted by atomic mass is 10.0. The fraction of sp³-hybridized carbons (Fsp3) is 0.400. The molecule has 1 aromatic heterocycles. The number of nitrogens with one attached hydrogen (secondary N) is 4. The van der Waals surface area contributed by atoms with Crippen LogP contribution in [-0.4, -0.2) is 69.9 Å². The molecule has 1 unspecified atom stereocenters. The van der Waals surface area contributed by atoms with Crippen LogP contribution in [0.2, 0.25) is 0 Å². The lowest BCUT2D eigenvalue weighted by molar-refractivity contribution is -0.118. The Kier molecular flexibility index (Phi) is 7.30.